The summed E-state index contributed by atoms with van der Waals surface area (Å²) in [6, 6.07) is 14.5. The topological polar surface area (TPSA) is 82.4 Å². The van der Waals surface area contributed by atoms with Gasteiger partial charge >= 0.3 is 5.97 Å². The molecule has 26 heavy (non-hydrogen) atoms. The average molecular weight is 371 g/mol. The fourth-order valence-electron chi connectivity index (χ4n) is 2.93. The number of hydrogen-bond donors (Lipinski definition) is 0. The largest absolute Gasteiger partial charge is 0.462 e. The number of rotatable bonds is 6. The highest BCUT2D eigenvalue weighted by Gasteiger charge is 2.29. The van der Waals surface area contributed by atoms with E-state index in [1.54, 1.807) is 49.4 Å². The van der Waals surface area contributed by atoms with Crippen LogP contribution < -0.4 is 0 Å². The van der Waals surface area contributed by atoms with Gasteiger partial charge in [-0.15, -0.1) is 0 Å². The van der Waals surface area contributed by atoms with E-state index >= 15 is 0 Å². The van der Waals surface area contributed by atoms with Crippen LogP contribution in [0.5, 0.6) is 0 Å². The van der Waals surface area contributed by atoms with Crippen LogP contribution in [-0.2, 0) is 26.0 Å². The van der Waals surface area contributed by atoms with E-state index in [9.17, 15) is 18.0 Å². The Labute approximate surface area is 151 Å². The van der Waals surface area contributed by atoms with Crippen LogP contribution in [0.1, 0.15) is 23.0 Å². The molecule has 6 nitrogen and oxygen atoms in total. The van der Waals surface area contributed by atoms with Crippen molar-refractivity contribution >= 4 is 33.2 Å². The van der Waals surface area contributed by atoms with Gasteiger partial charge in [-0.3, -0.25) is 0 Å². The Bertz CT molecular complexity index is 1070. The highest BCUT2D eigenvalue weighted by atomic mass is 32.2. The molecule has 1 heterocycles. The second-order valence-corrected chi connectivity index (χ2v) is 7.30. The van der Waals surface area contributed by atoms with E-state index in [1.165, 1.54) is 12.1 Å². The molecule has 7 heteroatoms. The number of para-hydroxylation sites is 1. The molecule has 1 aromatic heterocycles. The van der Waals surface area contributed by atoms with E-state index in [2.05, 4.69) is 0 Å². The second kappa shape index (κ2) is 7.13. The number of ether oxygens (including phenoxy) is 1. The number of carbonyl (C=O) groups excluding carboxylic acids is 2. The first kappa shape index (κ1) is 17.9. The first-order valence-electron chi connectivity index (χ1n) is 8.06. The predicted molar refractivity (Wildman–Crippen MR) is 96.7 cm³/mol. The Morgan fingerprint density at radius 3 is 2.38 bits per heavy atom. The summed E-state index contributed by atoms with van der Waals surface area (Å²) in [7, 11) is -4.00. The van der Waals surface area contributed by atoms with Gasteiger partial charge in [-0.25, -0.2) is 17.2 Å². The third-order valence-electron chi connectivity index (χ3n) is 3.96. The monoisotopic (exact) mass is 371 g/mol. The van der Waals surface area contributed by atoms with Crippen LogP contribution >= 0.6 is 0 Å². The number of nitrogens with zero attached hydrogens (tertiary/aromatic N) is 1. The third-order valence-corrected chi connectivity index (χ3v) is 5.73. The number of aldehydes is 1. The summed E-state index contributed by atoms with van der Waals surface area (Å²) in [6.07, 6.45) is 0.350. The van der Waals surface area contributed by atoms with Crippen LogP contribution in [0, 0.1) is 0 Å². The molecule has 0 saturated carbocycles. The Morgan fingerprint density at radius 1 is 1.08 bits per heavy atom. The van der Waals surface area contributed by atoms with E-state index in [0.29, 0.717) is 17.2 Å². The molecule has 3 aromatic rings. The summed E-state index contributed by atoms with van der Waals surface area (Å²) in [5.74, 6) is -0.650. The van der Waals surface area contributed by atoms with Gasteiger partial charge in [0, 0.05) is 11.8 Å². The number of esters is 1. The van der Waals surface area contributed by atoms with Crippen molar-refractivity contribution in [2.24, 2.45) is 0 Å². The molecule has 0 unspecified atom stereocenters. The van der Waals surface area contributed by atoms with Crippen LogP contribution in [0.2, 0.25) is 0 Å². The molecule has 134 valence electrons. The molecular formula is C19H17NO5S. The number of hydrogen-bond acceptors (Lipinski definition) is 5. The van der Waals surface area contributed by atoms with Crippen molar-refractivity contribution in [3.05, 3.63) is 65.9 Å². The molecule has 0 aliphatic rings. The first-order valence-corrected chi connectivity index (χ1v) is 9.50. The van der Waals surface area contributed by atoms with Gasteiger partial charge in [-0.1, -0.05) is 36.4 Å². The molecule has 0 bridgehead atoms. The lowest BCUT2D eigenvalue weighted by molar-refractivity contribution is -0.107. The molecule has 0 amide bonds. The summed E-state index contributed by atoms with van der Waals surface area (Å²) >= 11 is 0. The van der Waals surface area contributed by atoms with Crippen molar-refractivity contribution in [1.82, 2.24) is 3.97 Å². The van der Waals surface area contributed by atoms with Crippen molar-refractivity contribution in [1.29, 1.82) is 0 Å². The van der Waals surface area contributed by atoms with Gasteiger partial charge in [0.15, 0.2) is 0 Å². The maximum atomic E-state index is 13.2. The van der Waals surface area contributed by atoms with E-state index in [4.69, 9.17) is 4.74 Å². The first-order chi connectivity index (χ1) is 12.5. The van der Waals surface area contributed by atoms with Gasteiger partial charge in [0.1, 0.15) is 6.29 Å². The molecule has 0 aliphatic carbocycles. The van der Waals surface area contributed by atoms with Crippen LogP contribution in [0.25, 0.3) is 10.9 Å². The maximum absolute atomic E-state index is 13.2. The zero-order valence-corrected chi connectivity index (χ0v) is 14.9. The lowest BCUT2D eigenvalue weighted by Crippen LogP contribution is -2.18. The number of carbonyl (C=O) groups is 2. The SMILES string of the molecule is CCOC(=O)c1c(CC=O)n(S(=O)(=O)c2ccccc2)c2ccccc12. The zero-order valence-electron chi connectivity index (χ0n) is 14.1. The Morgan fingerprint density at radius 2 is 1.73 bits per heavy atom. The van der Waals surface area contributed by atoms with Crippen LogP contribution in [0.3, 0.4) is 0 Å². The summed E-state index contributed by atoms with van der Waals surface area (Å²) < 4.78 is 32.6. The molecule has 2 aromatic carbocycles. The van der Waals surface area contributed by atoms with Gasteiger partial charge in [0.05, 0.1) is 28.3 Å². The lowest BCUT2D eigenvalue weighted by atomic mass is 10.1. The standard InChI is InChI=1S/C19H17NO5S/c1-2-25-19(22)18-15-10-6-7-11-16(15)20(17(18)12-13-21)26(23,24)14-8-4-3-5-9-14/h3-11,13H,2,12H2,1H3. The highest BCUT2D eigenvalue weighted by Crippen LogP contribution is 2.31. The van der Waals surface area contributed by atoms with Crippen molar-refractivity contribution in [2.75, 3.05) is 6.61 Å². The quantitative estimate of drug-likeness (QED) is 0.491. The molecule has 0 radical (unpaired) electrons. The van der Waals surface area contributed by atoms with Crippen molar-refractivity contribution in [3.63, 3.8) is 0 Å². The molecule has 0 aliphatic heterocycles. The second-order valence-electron chi connectivity index (χ2n) is 5.51. The molecular weight excluding hydrogens is 354 g/mol. The van der Waals surface area contributed by atoms with E-state index in [1.807, 2.05) is 0 Å². The Hall–Kier alpha value is -2.93. The van der Waals surface area contributed by atoms with Gasteiger partial charge in [0.2, 0.25) is 0 Å². The smallest absolute Gasteiger partial charge is 0.340 e. The number of aromatic nitrogens is 1. The lowest BCUT2D eigenvalue weighted by Gasteiger charge is -2.11. The van der Waals surface area contributed by atoms with Crippen LogP contribution in [0.4, 0.5) is 0 Å². The summed E-state index contributed by atoms with van der Waals surface area (Å²) in [6.45, 7) is 1.81. The summed E-state index contributed by atoms with van der Waals surface area (Å²) in [4.78, 5) is 23.8. The van der Waals surface area contributed by atoms with Crippen LogP contribution in [-0.4, -0.2) is 31.3 Å². The predicted octanol–water partition coefficient (Wildman–Crippen LogP) is 2.80. The molecule has 0 N–H and O–H groups in total. The van der Waals surface area contributed by atoms with Gasteiger partial charge in [-0.2, -0.15) is 0 Å². The minimum atomic E-state index is -4.00. The Balaban J connectivity index is 2.40. The van der Waals surface area contributed by atoms with Crippen molar-refractivity contribution in [2.45, 2.75) is 18.2 Å². The maximum Gasteiger partial charge on any atom is 0.340 e. The van der Waals surface area contributed by atoms with Crippen molar-refractivity contribution < 1.29 is 22.7 Å². The molecule has 0 fully saturated rings. The number of benzene rings is 2. The van der Waals surface area contributed by atoms with Gasteiger partial charge in [0.25, 0.3) is 10.0 Å². The van der Waals surface area contributed by atoms with E-state index in [0.717, 1.165) is 3.97 Å². The van der Waals surface area contributed by atoms with E-state index in [-0.39, 0.29) is 29.2 Å². The van der Waals surface area contributed by atoms with Gasteiger partial charge < -0.3 is 9.53 Å². The fourth-order valence-corrected chi connectivity index (χ4v) is 4.52. The minimum Gasteiger partial charge on any atom is -0.462 e. The molecule has 3 rings (SSSR count). The fraction of sp³-hybridized carbons (Fsp3) is 0.158. The Kier molecular flexibility index (Phi) is 4.90. The average Bonchev–Trinajstić information content (AvgIpc) is 2.97. The van der Waals surface area contributed by atoms with Gasteiger partial charge in [-0.05, 0) is 25.1 Å². The third kappa shape index (κ3) is 2.90. The highest BCUT2D eigenvalue weighted by molar-refractivity contribution is 7.90. The summed E-state index contributed by atoms with van der Waals surface area (Å²) in [5, 5.41) is 0.433. The van der Waals surface area contributed by atoms with Crippen molar-refractivity contribution in [3.8, 4) is 0 Å². The molecule has 0 saturated heterocycles. The zero-order chi connectivity index (χ0) is 18.7. The molecule has 0 spiro atoms. The molecule has 0 atom stereocenters. The van der Waals surface area contributed by atoms with Crippen LogP contribution in [0.15, 0.2) is 59.5 Å². The normalized spacial score (nSPS) is 11.4. The minimum absolute atomic E-state index is 0.0725. The van der Waals surface area contributed by atoms with E-state index < -0.39 is 16.0 Å². The summed E-state index contributed by atoms with van der Waals surface area (Å²) in [5.41, 5.74) is 0.536. The number of fused-ring (bicyclic) bond motifs is 1.